The van der Waals surface area contributed by atoms with Crippen LogP contribution < -0.4 is 0 Å². The van der Waals surface area contributed by atoms with E-state index in [1.54, 1.807) is 18.2 Å². The Morgan fingerprint density at radius 3 is 2.12 bits per heavy atom. The van der Waals surface area contributed by atoms with Gasteiger partial charge in [0.25, 0.3) is 0 Å². The minimum atomic E-state index is -3.77. The molecule has 1 aliphatic rings. The molecule has 2 aromatic carbocycles. The van der Waals surface area contributed by atoms with Crippen LogP contribution in [0.3, 0.4) is 0 Å². The lowest BCUT2D eigenvalue weighted by atomic mass is 10.2. The number of sulfone groups is 1. The summed E-state index contributed by atoms with van der Waals surface area (Å²) in [5.74, 6) is 0. The van der Waals surface area contributed by atoms with E-state index in [9.17, 15) is 13.7 Å². The van der Waals surface area contributed by atoms with Crippen LogP contribution >= 0.6 is 0 Å². The van der Waals surface area contributed by atoms with Gasteiger partial charge in [-0.2, -0.15) is 5.26 Å². The first kappa shape index (κ1) is 18.2. The molecule has 0 aliphatic carbocycles. The lowest BCUT2D eigenvalue weighted by Gasteiger charge is -2.34. The maximum Gasteiger partial charge on any atom is 0.218 e. The molecule has 0 saturated carbocycles. The molecule has 1 aliphatic heterocycles. The Hall–Kier alpha value is -2.62. The number of piperazine rings is 1. The highest BCUT2D eigenvalue weighted by Gasteiger charge is 2.23. The highest BCUT2D eigenvalue weighted by Crippen LogP contribution is 2.19. The van der Waals surface area contributed by atoms with Gasteiger partial charge < -0.3 is 4.90 Å². The van der Waals surface area contributed by atoms with Gasteiger partial charge in [0.1, 0.15) is 6.07 Å². The average molecular weight is 367 g/mol. The van der Waals surface area contributed by atoms with Crippen LogP contribution in [0.4, 0.5) is 0 Å². The van der Waals surface area contributed by atoms with Crippen LogP contribution in [0.15, 0.2) is 76.7 Å². The van der Waals surface area contributed by atoms with Crippen molar-refractivity contribution in [1.82, 2.24) is 9.80 Å². The number of hydrogen-bond donors (Lipinski definition) is 0. The normalized spacial score (nSPS) is 16.3. The summed E-state index contributed by atoms with van der Waals surface area (Å²) >= 11 is 0. The molecule has 3 rings (SSSR count). The molecule has 2 aromatic rings. The molecular formula is C20H21N3O2S. The van der Waals surface area contributed by atoms with E-state index >= 15 is 0 Å². The topological polar surface area (TPSA) is 64.4 Å². The van der Waals surface area contributed by atoms with Crippen LogP contribution in [0, 0.1) is 11.3 Å². The summed E-state index contributed by atoms with van der Waals surface area (Å²) in [5, 5.41) is 9.37. The van der Waals surface area contributed by atoms with Crippen molar-refractivity contribution in [2.45, 2.75) is 11.4 Å². The minimum absolute atomic E-state index is 0.149. The molecule has 6 heteroatoms. The number of hydrogen-bond acceptors (Lipinski definition) is 5. The number of nitriles is 1. The van der Waals surface area contributed by atoms with Crippen molar-refractivity contribution in [2.24, 2.45) is 0 Å². The van der Waals surface area contributed by atoms with Crippen molar-refractivity contribution in [3.63, 3.8) is 0 Å². The smallest absolute Gasteiger partial charge is 0.218 e. The van der Waals surface area contributed by atoms with Gasteiger partial charge in [-0.1, -0.05) is 48.5 Å². The van der Waals surface area contributed by atoms with Crippen molar-refractivity contribution in [3.8, 4) is 6.07 Å². The first-order chi connectivity index (χ1) is 12.6. The molecule has 0 N–H and O–H groups in total. The van der Waals surface area contributed by atoms with Crippen molar-refractivity contribution in [1.29, 1.82) is 5.26 Å². The fraction of sp³-hybridized carbons (Fsp3) is 0.250. The lowest BCUT2D eigenvalue weighted by molar-refractivity contribution is 0.162. The number of nitrogens with zero attached hydrogens (tertiary/aromatic N) is 3. The second kappa shape index (κ2) is 8.17. The van der Waals surface area contributed by atoms with E-state index in [0.717, 1.165) is 19.6 Å². The van der Waals surface area contributed by atoms with Gasteiger partial charge in [-0.25, -0.2) is 8.42 Å². The Morgan fingerprint density at radius 1 is 0.962 bits per heavy atom. The van der Waals surface area contributed by atoms with Gasteiger partial charge in [0, 0.05) is 38.9 Å². The summed E-state index contributed by atoms with van der Waals surface area (Å²) in [6.45, 7) is 3.93. The van der Waals surface area contributed by atoms with E-state index in [2.05, 4.69) is 17.0 Å². The van der Waals surface area contributed by atoms with Gasteiger partial charge in [0.05, 0.1) is 4.90 Å². The highest BCUT2D eigenvalue weighted by molar-refractivity contribution is 7.95. The first-order valence-electron chi connectivity index (χ1n) is 8.52. The van der Waals surface area contributed by atoms with Crippen LogP contribution in [-0.4, -0.2) is 44.4 Å². The van der Waals surface area contributed by atoms with E-state index in [4.69, 9.17) is 0 Å². The van der Waals surface area contributed by atoms with Crippen LogP contribution in [0.25, 0.3) is 0 Å². The zero-order valence-corrected chi connectivity index (χ0v) is 15.3. The van der Waals surface area contributed by atoms with Crippen molar-refractivity contribution in [3.05, 3.63) is 77.3 Å². The Balaban J connectivity index is 1.66. The third kappa shape index (κ3) is 4.31. The predicted molar refractivity (Wildman–Crippen MR) is 101 cm³/mol. The summed E-state index contributed by atoms with van der Waals surface area (Å²) in [7, 11) is -3.77. The molecule has 0 spiro atoms. The highest BCUT2D eigenvalue weighted by atomic mass is 32.2. The van der Waals surface area contributed by atoms with Gasteiger partial charge in [-0.15, -0.1) is 0 Å². The summed E-state index contributed by atoms with van der Waals surface area (Å²) < 4.78 is 25.2. The maximum atomic E-state index is 12.6. The summed E-state index contributed by atoms with van der Waals surface area (Å²) in [4.78, 5) is 4.19. The van der Waals surface area contributed by atoms with E-state index in [1.807, 2.05) is 29.2 Å². The van der Waals surface area contributed by atoms with Crippen LogP contribution in [0.1, 0.15) is 5.56 Å². The predicted octanol–water partition coefficient (Wildman–Crippen LogP) is 2.64. The Labute approximate surface area is 154 Å². The molecule has 26 heavy (non-hydrogen) atoms. The molecule has 1 saturated heterocycles. The second-order valence-electron chi connectivity index (χ2n) is 6.22. The molecule has 0 bridgehead atoms. The number of benzene rings is 2. The molecule has 0 aromatic heterocycles. The van der Waals surface area contributed by atoms with Gasteiger partial charge in [0.15, 0.2) is 4.91 Å². The largest absolute Gasteiger partial charge is 0.373 e. The Kier molecular flexibility index (Phi) is 5.71. The lowest BCUT2D eigenvalue weighted by Crippen LogP contribution is -2.43. The molecule has 1 fully saturated rings. The summed E-state index contributed by atoms with van der Waals surface area (Å²) in [5.41, 5.74) is 1.26. The molecule has 1 heterocycles. The molecular weight excluding hydrogens is 346 g/mol. The van der Waals surface area contributed by atoms with Crippen molar-refractivity contribution >= 4 is 9.84 Å². The van der Waals surface area contributed by atoms with Crippen molar-refractivity contribution in [2.75, 3.05) is 26.2 Å². The third-order valence-electron chi connectivity index (χ3n) is 4.41. The Bertz CT molecular complexity index is 895. The quantitative estimate of drug-likeness (QED) is 0.760. The molecule has 5 nitrogen and oxygen atoms in total. The average Bonchev–Trinajstić information content (AvgIpc) is 2.68. The zero-order valence-electron chi connectivity index (χ0n) is 14.5. The Morgan fingerprint density at radius 2 is 1.54 bits per heavy atom. The number of rotatable bonds is 5. The van der Waals surface area contributed by atoms with E-state index < -0.39 is 9.84 Å². The maximum absolute atomic E-state index is 12.6. The standard InChI is InChI=1S/C20H21N3O2S/c21-15-20(26(24,25)19-9-5-2-6-10-19)17-23-13-11-22(12-14-23)16-18-7-3-1-4-8-18/h1-10,17H,11-14,16H2. The summed E-state index contributed by atoms with van der Waals surface area (Å²) in [6, 6.07) is 20.2. The molecule has 134 valence electrons. The zero-order chi connectivity index (χ0) is 18.4. The fourth-order valence-electron chi connectivity index (χ4n) is 2.94. The first-order valence-corrected chi connectivity index (χ1v) is 10.0. The minimum Gasteiger partial charge on any atom is -0.373 e. The summed E-state index contributed by atoms with van der Waals surface area (Å²) in [6.07, 6.45) is 1.49. The molecule has 0 radical (unpaired) electrons. The van der Waals surface area contributed by atoms with Crippen LogP contribution in [0.2, 0.25) is 0 Å². The van der Waals surface area contributed by atoms with Crippen molar-refractivity contribution < 1.29 is 8.42 Å². The molecule has 0 amide bonds. The van der Waals surface area contributed by atoms with E-state index in [-0.39, 0.29) is 9.80 Å². The molecule has 0 unspecified atom stereocenters. The molecule has 0 atom stereocenters. The van der Waals surface area contributed by atoms with E-state index in [0.29, 0.717) is 13.1 Å². The SMILES string of the molecule is N#CC(=CN1CCN(Cc2ccccc2)CC1)S(=O)(=O)c1ccccc1. The number of allylic oxidation sites excluding steroid dienone is 1. The van der Waals surface area contributed by atoms with Crippen LogP contribution in [0.5, 0.6) is 0 Å². The van der Waals surface area contributed by atoms with Gasteiger partial charge in [-0.05, 0) is 17.7 Å². The second-order valence-corrected chi connectivity index (χ2v) is 8.14. The van der Waals surface area contributed by atoms with Gasteiger partial charge in [-0.3, -0.25) is 4.90 Å². The van der Waals surface area contributed by atoms with E-state index in [1.165, 1.54) is 23.9 Å². The van der Waals surface area contributed by atoms with Gasteiger partial charge in [0.2, 0.25) is 9.84 Å². The third-order valence-corrected chi connectivity index (χ3v) is 6.08. The fourth-order valence-corrected chi connectivity index (χ4v) is 4.12. The van der Waals surface area contributed by atoms with Crippen LogP contribution in [-0.2, 0) is 16.4 Å². The van der Waals surface area contributed by atoms with Gasteiger partial charge >= 0.3 is 0 Å². The monoisotopic (exact) mass is 367 g/mol.